The van der Waals surface area contributed by atoms with Gasteiger partial charge >= 0.3 is 0 Å². The van der Waals surface area contributed by atoms with E-state index in [-0.39, 0.29) is 5.54 Å². The fourth-order valence-electron chi connectivity index (χ4n) is 2.45. The van der Waals surface area contributed by atoms with E-state index in [1.165, 1.54) is 12.0 Å². The first-order valence-corrected chi connectivity index (χ1v) is 6.73. The van der Waals surface area contributed by atoms with Crippen molar-refractivity contribution in [2.75, 3.05) is 25.0 Å². The maximum Gasteiger partial charge on any atom is 0.126 e. The smallest absolute Gasteiger partial charge is 0.126 e. The molecule has 1 atom stereocenters. The third kappa shape index (κ3) is 3.43. The van der Waals surface area contributed by atoms with Crippen molar-refractivity contribution >= 4 is 5.82 Å². The summed E-state index contributed by atoms with van der Waals surface area (Å²) in [6.07, 6.45) is 3.05. The third-order valence-corrected chi connectivity index (χ3v) is 3.62. The molecule has 0 saturated carbocycles. The Morgan fingerprint density at radius 1 is 1.44 bits per heavy atom. The Labute approximate surface area is 110 Å². The van der Waals surface area contributed by atoms with Crippen LogP contribution in [0.4, 0.5) is 5.82 Å². The molecule has 1 aliphatic rings. The zero-order chi connectivity index (χ0) is 13.0. The summed E-state index contributed by atoms with van der Waals surface area (Å²) in [5.41, 5.74) is 1.45. The van der Waals surface area contributed by atoms with Crippen LogP contribution in [-0.4, -0.2) is 36.2 Å². The van der Waals surface area contributed by atoms with Gasteiger partial charge in [0.15, 0.2) is 0 Å². The van der Waals surface area contributed by atoms with E-state index < -0.39 is 0 Å². The molecule has 1 fully saturated rings. The number of rotatable bonds is 5. The van der Waals surface area contributed by atoms with E-state index in [4.69, 9.17) is 0 Å². The fourth-order valence-corrected chi connectivity index (χ4v) is 2.45. The van der Waals surface area contributed by atoms with Crippen LogP contribution in [0.25, 0.3) is 0 Å². The maximum atomic E-state index is 4.29. The van der Waals surface area contributed by atoms with Gasteiger partial charge in [-0.1, -0.05) is 0 Å². The van der Waals surface area contributed by atoms with Gasteiger partial charge < -0.3 is 16.0 Å². The number of aromatic nitrogens is 1. The molecule has 0 bridgehead atoms. The first-order chi connectivity index (χ1) is 8.58. The van der Waals surface area contributed by atoms with Gasteiger partial charge in [0.1, 0.15) is 5.82 Å². The van der Waals surface area contributed by atoms with Gasteiger partial charge in [-0.25, -0.2) is 4.98 Å². The lowest BCUT2D eigenvalue weighted by Crippen LogP contribution is -2.49. The molecule has 1 saturated heterocycles. The van der Waals surface area contributed by atoms with Crippen molar-refractivity contribution in [3.05, 3.63) is 23.9 Å². The molecule has 18 heavy (non-hydrogen) atoms. The number of anilines is 1. The highest BCUT2D eigenvalue weighted by Crippen LogP contribution is 2.17. The molecule has 0 amide bonds. The Kier molecular flexibility index (Phi) is 4.19. The van der Waals surface area contributed by atoms with Gasteiger partial charge in [0.2, 0.25) is 0 Å². The Morgan fingerprint density at radius 2 is 2.28 bits per heavy atom. The van der Waals surface area contributed by atoms with Gasteiger partial charge in [-0.05, 0) is 51.4 Å². The number of pyridine rings is 1. The molecule has 100 valence electrons. The van der Waals surface area contributed by atoms with Gasteiger partial charge in [0.05, 0.1) is 0 Å². The van der Waals surface area contributed by atoms with E-state index in [1.54, 1.807) is 0 Å². The third-order valence-electron chi connectivity index (χ3n) is 3.62. The standard InChI is InChI=1S/C14H24N4/c1-11-4-6-16-13(10-11)17-9-8-15-12-5-7-18-14(12,2)3/h4,6,10,12,15,18H,5,7-9H2,1-3H3,(H,16,17). The lowest BCUT2D eigenvalue weighted by atomic mass is 9.97. The van der Waals surface area contributed by atoms with Crippen molar-refractivity contribution in [2.24, 2.45) is 0 Å². The van der Waals surface area contributed by atoms with E-state index in [9.17, 15) is 0 Å². The Bertz CT molecular complexity index is 389. The largest absolute Gasteiger partial charge is 0.369 e. The van der Waals surface area contributed by atoms with E-state index in [0.717, 1.165) is 25.5 Å². The van der Waals surface area contributed by atoms with Crippen LogP contribution < -0.4 is 16.0 Å². The van der Waals surface area contributed by atoms with Gasteiger partial charge in [0, 0.05) is 30.9 Å². The van der Waals surface area contributed by atoms with E-state index in [0.29, 0.717) is 6.04 Å². The number of aryl methyl sites for hydroxylation is 1. The molecular weight excluding hydrogens is 224 g/mol. The zero-order valence-electron chi connectivity index (χ0n) is 11.6. The van der Waals surface area contributed by atoms with Crippen LogP contribution in [0.1, 0.15) is 25.8 Å². The summed E-state index contributed by atoms with van der Waals surface area (Å²) in [6, 6.07) is 4.64. The molecule has 4 nitrogen and oxygen atoms in total. The molecule has 3 N–H and O–H groups in total. The summed E-state index contributed by atoms with van der Waals surface area (Å²) in [6.45, 7) is 9.57. The summed E-state index contributed by atoms with van der Waals surface area (Å²) >= 11 is 0. The lowest BCUT2D eigenvalue weighted by Gasteiger charge is -2.28. The van der Waals surface area contributed by atoms with Gasteiger partial charge in [-0.2, -0.15) is 0 Å². The van der Waals surface area contributed by atoms with Crippen molar-refractivity contribution in [3.8, 4) is 0 Å². The Balaban J connectivity index is 1.70. The second-order valence-corrected chi connectivity index (χ2v) is 5.59. The molecule has 4 heteroatoms. The lowest BCUT2D eigenvalue weighted by molar-refractivity contribution is 0.355. The van der Waals surface area contributed by atoms with Crippen molar-refractivity contribution in [2.45, 2.75) is 38.8 Å². The monoisotopic (exact) mass is 248 g/mol. The minimum absolute atomic E-state index is 0.210. The quantitative estimate of drug-likeness (QED) is 0.692. The number of nitrogens with zero attached hydrogens (tertiary/aromatic N) is 1. The number of hydrogen-bond donors (Lipinski definition) is 3. The predicted octanol–water partition coefficient (Wildman–Crippen LogP) is 1.53. The molecule has 2 heterocycles. The molecule has 0 spiro atoms. The topological polar surface area (TPSA) is 49.0 Å². The molecule has 0 aliphatic carbocycles. The summed E-state index contributed by atoms with van der Waals surface area (Å²) in [5.74, 6) is 0.959. The highest BCUT2D eigenvalue weighted by Gasteiger charge is 2.33. The molecule has 0 radical (unpaired) electrons. The molecule has 1 aromatic rings. The summed E-state index contributed by atoms with van der Waals surface area (Å²) < 4.78 is 0. The molecule has 1 aliphatic heterocycles. The maximum absolute atomic E-state index is 4.29. The molecule has 1 aromatic heterocycles. The molecule has 2 rings (SSSR count). The Hall–Kier alpha value is -1.13. The van der Waals surface area contributed by atoms with Crippen LogP contribution in [0.5, 0.6) is 0 Å². The van der Waals surface area contributed by atoms with Crippen LogP contribution in [0.15, 0.2) is 18.3 Å². The second kappa shape index (κ2) is 5.67. The minimum atomic E-state index is 0.210. The Morgan fingerprint density at radius 3 is 2.94 bits per heavy atom. The first kappa shape index (κ1) is 13.3. The summed E-state index contributed by atoms with van der Waals surface area (Å²) in [4.78, 5) is 4.29. The van der Waals surface area contributed by atoms with Gasteiger partial charge in [-0.3, -0.25) is 0 Å². The highest BCUT2D eigenvalue weighted by molar-refractivity contribution is 5.36. The molecule has 1 unspecified atom stereocenters. The van der Waals surface area contributed by atoms with Crippen LogP contribution in [0, 0.1) is 6.92 Å². The van der Waals surface area contributed by atoms with E-state index in [1.807, 2.05) is 12.3 Å². The van der Waals surface area contributed by atoms with Crippen molar-refractivity contribution in [1.29, 1.82) is 0 Å². The fraction of sp³-hybridized carbons (Fsp3) is 0.643. The molecular formula is C14H24N4. The van der Waals surface area contributed by atoms with Gasteiger partial charge in [-0.15, -0.1) is 0 Å². The van der Waals surface area contributed by atoms with Crippen LogP contribution >= 0.6 is 0 Å². The predicted molar refractivity (Wildman–Crippen MR) is 76.0 cm³/mol. The first-order valence-electron chi connectivity index (χ1n) is 6.73. The highest BCUT2D eigenvalue weighted by atomic mass is 15.1. The second-order valence-electron chi connectivity index (χ2n) is 5.59. The van der Waals surface area contributed by atoms with Crippen LogP contribution in [-0.2, 0) is 0 Å². The van der Waals surface area contributed by atoms with E-state index >= 15 is 0 Å². The normalized spacial score (nSPS) is 22.1. The summed E-state index contributed by atoms with van der Waals surface area (Å²) in [7, 11) is 0. The van der Waals surface area contributed by atoms with Crippen LogP contribution in [0.2, 0.25) is 0 Å². The SMILES string of the molecule is Cc1ccnc(NCCNC2CCNC2(C)C)c1. The average molecular weight is 248 g/mol. The minimum Gasteiger partial charge on any atom is -0.369 e. The average Bonchev–Trinajstić information content (AvgIpc) is 2.64. The van der Waals surface area contributed by atoms with Crippen molar-refractivity contribution in [1.82, 2.24) is 15.6 Å². The van der Waals surface area contributed by atoms with Crippen LogP contribution in [0.3, 0.4) is 0 Å². The zero-order valence-corrected chi connectivity index (χ0v) is 11.6. The van der Waals surface area contributed by atoms with E-state index in [2.05, 4.69) is 47.8 Å². The van der Waals surface area contributed by atoms with Crippen molar-refractivity contribution in [3.63, 3.8) is 0 Å². The molecule has 0 aromatic carbocycles. The number of hydrogen-bond acceptors (Lipinski definition) is 4. The summed E-state index contributed by atoms with van der Waals surface area (Å²) in [5, 5.41) is 10.5. The van der Waals surface area contributed by atoms with Crippen molar-refractivity contribution < 1.29 is 0 Å². The number of nitrogens with one attached hydrogen (secondary N) is 3. The van der Waals surface area contributed by atoms with Gasteiger partial charge in [0.25, 0.3) is 0 Å².